The minimum Gasteiger partial charge on any atom is -0.463 e. The molecule has 4 heteroatoms. The Morgan fingerprint density at radius 2 is 2.31 bits per heavy atom. The van der Waals surface area contributed by atoms with E-state index in [-0.39, 0.29) is 18.6 Å². The minimum atomic E-state index is -0.329. The number of esters is 1. The molecule has 0 radical (unpaired) electrons. The molecule has 4 nitrogen and oxygen atoms in total. The van der Waals surface area contributed by atoms with Crippen LogP contribution in [0.2, 0.25) is 0 Å². The Hall–Kier alpha value is -0.870. The van der Waals surface area contributed by atoms with Gasteiger partial charge < -0.3 is 9.84 Å². The van der Waals surface area contributed by atoms with Gasteiger partial charge in [0.05, 0.1) is 13.2 Å². The molecule has 0 aliphatic carbocycles. The summed E-state index contributed by atoms with van der Waals surface area (Å²) < 4.78 is 4.89. The highest BCUT2D eigenvalue weighted by atomic mass is 16.5. The summed E-state index contributed by atoms with van der Waals surface area (Å²) in [5, 5.41) is 9.23. The summed E-state index contributed by atoms with van der Waals surface area (Å²) in [6, 6.07) is 0.167. The summed E-state index contributed by atoms with van der Waals surface area (Å²) in [6.07, 6.45) is 3.26. The average molecular weight is 227 g/mol. The van der Waals surface area contributed by atoms with E-state index in [1.165, 1.54) is 0 Å². The molecule has 1 heterocycles. The van der Waals surface area contributed by atoms with Gasteiger partial charge in [0.25, 0.3) is 0 Å². The molecule has 0 amide bonds. The van der Waals surface area contributed by atoms with Crippen LogP contribution in [-0.2, 0) is 9.53 Å². The van der Waals surface area contributed by atoms with Crippen LogP contribution in [0.15, 0.2) is 12.2 Å². The van der Waals surface area contributed by atoms with Gasteiger partial charge in [0.15, 0.2) is 0 Å². The molecule has 1 unspecified atom stereocenters. The Labute approximate surface area is 96.9 Å². The van der Waals surface area contributed by atoms with E-state index in [0.29, 0.717) is 18.7 Å². The number of hydrogen-bond acceptors (Lipinski definition) is 4. The predicted octanol–water partition coefficient (Wildman–Crippen LogP) is 0.953. The summed E-state index contributed by atoms with van der Waals surface area (Å²) >= 11 is 0. The number of carbonyl (C=O) groups excluding carboxylic acids is 1. The Bertz CT molecular complexity index is 253. The monoisotopic (exact) mass is 227 g/mol. The van der Waals surface area contributed by atoms with Crippen LogP contribution in [-0.4, -0.2) is 48.3 Å². The molecular formula is C12H21NO3. The van der Waals surface area contributed by atoms with E-state index in [2.05, 4.69) is 11.5 Å². The number of aliphatic hydroxyl groups is 1. The number of carbonyl (C=O) groups is 1. The SMILES string of the molecule is C=C(CN1CCCCC1CO)C(=O)OCC. The van der Waals surface area contributed by atoms with E-state index in [4.69, 9.17) is 4.74 Å². The number of nitrogens with zero attached hydrogens (tertiary/aromatic N) is 1. The van der Waals surface area contributed by atoms with Gasteiger partial charge in [0.2, 0.25) is 0 Å². The molecule has 1 fully saturated rings. The standard InChI is InChI=1S/C12H21NO3/c1-3-16-12(15)10(2)8-13-7-5-4-6-11(13)9-14/h11,14H,2-9H2,1H3. The van der Waals surface area contributed by atoms with E-state index in [9.17, 15) is 9.90 Å². The molecule has 1 saturated heterocycles. The lowest BCUT2D eigenvalue weighted by Gasteiger charge is -2.34. The van der Waals surface area contributed by atoms with Crippen LogP contribution in [0.4, 0.5) is 0 Å². The molecule has 16 heavy (non-hydrogen) atoms. The van der Waals surface area contributed by atoms with Gasteiger partial charge in [-0.05, 0) is 26.3 Å². The Kier molecular flexibility index (Phi) is 5.49. The maximum atomic E-state index is 11.4. The molecule has 1 atom stereocenters. The average Bonchev–Trinajstić information content (AvgIpc) is 2.30. The first-order valence-corrected chi connectivity index (χ1v) is 5.88. The van der Waals surface area contributed by atoms with Crippen LogP contribution in [0, 0.1) is 0 Å². The summed E-state index contributed by atoms with van der Waals surface area (Å²) in [7, 11) is 0. The normalized spacial score (nSPS) is 21.8. The van der Waals surface area contributed by atoms with E-state index < -0.39 is 0 Å². The number of hydrogen-bond donors (Lipinski definition) is 1. The second kappa shape index (κ2) is 6.66. The first-order valence-electron chi connectivity index (χ1n) is 5.88. The maximum absolute atomic E-state index is 11.4. The van der Waals surface area contributed by atoms with Crippen molar-refractivity contribution in [3.63, 3.8) is 0 Å². The highest BCUT2D eigenvalue weighted by Gasteiger charge is 2.23. The quantitative estimate of drug-likeness (QED) is 0.561. The fourth-order valence-corrected chi connectivity index (χ4v) is 2.02. The van der Waals surface area contributed by atoms with Crippen molar-refractivity contribution in [1.82, 2.24) is 4.90 Å². The zero-order valence-corrected chi connectivity index (χ0v) is 9.95. The van der Waals surface area contributed by atoms with Crippen molar-refractivity contribution >= 4 is 5.97 Å². The van der Waals surface area contributed by atoms with Gasteiger partial charge in [-0.2, -0.15) is 0 Å². The second-order valence-electron chi connectivity index (χ2n) is 4.13. The maximum Gasteiger partial charge on any atom is 0.334 e. The van der Waals surface area contributed by atoms with Gasteiger partial charge in [-0.15, -0.1) is 0 Å². The number of piperidine rings is 1. The zero-order chi connectivity index (χ0) is 12.0. The van der Waals surface area contributed by atoms with Crippen molar-refractivity contribution in [3.05, 3.63) is 12.2 Å². The fourth-order valence-electron chi connectivity index (χ4n) is 2.02. The first kappa shape index (κ1) is 13.2. The van der Waals surface area contributed by atoms with Crippen LogP contribution in [0.5, 0.6) is 0 Å². The molecule has 0 aromatic rings. The summed E-state index contributed by atoms with van der Waals surface area (Å²) in [5.41, 5.74) is 0.474. The van der Waals surface area contributed by atoms with Crippen molar-refractivity contribution in [1.29, 1.82) is 0 Å². The van der Waals surface area contributed by atoms with Crippen molar-refractivity contribution in [2.75, 3.05) is 26.3 Å². The number of aliphatic hydroxyl groups excluding tert-OH is 1. The van der Waals surface area contributed by atoms with Gasteiger partial charge >= 0.3 is 5.97 Å². The van der Waals surface area contributed by atoms with Gasteiger partial charge in [-0.1, -0.05) is 13.0 Å². The molecule has 0 saturated carbocycles. The molecule has 1 rings (SSSR count). The summed E-state index contributed by atoms with van der Waals surface area (Å²) in [6.45, 7) is 7.47. The third-order valence-electron chi connectivity index (χ3n) is 2.92. The zero-order valence-electron chi connectivity index (χ0n) is 9.95. The summed E-state index contributed by atoms with van der Waals surface area (Å²) in [4.78, 5) is 13.5. The molecule has 1 N–H and O–H groups in total. The lowest BCUT2D eigenvalue weighted by molar-refractivity contribution is -0.138. The molecular weight excluding hydrogens is 206 g/mol. The van der Waals surface area contributed by atoms with Gasteiger partial charge in [0.1, 0.15) is 0 Å². The van der Waals surface area contributed by atoms with Crippen LogP contribution in [0.1, 0.15) is 26.2 Å². The number of likely N-dealkylation sites (tertiary alicyclic amines) is 1. The van der Waals surface area contributed by atoms with E-state index in [1.54, 1.807) is 6.92 Å². The number of rotatable bonds is 5. The Balaban J connectivity index is 2.44. The van der Waals surface area contributed by atoms with E-state index in [0.717, 1.165) is 25.8 Å². The fraction of sp³-hybridized carbons (Fsp3) is 0.750. The predicted molar refractivity (Wildman–Crippen MR) is 62.1 cm³/mol. The summed E-state index contributed by atoms with van der Waals surface area (Å²) in [5.74, 6) is -0.329. The van der Waals surface area contributed by atoms with Crippen LogP contribution >= 0.6 is 0 Å². The molecule has 0 bridgehead atoms. The highest BCUT2D eigenvalue weighted by Crippen LogP contribution is 2.17. The van der Waals surface area contributed by atoms with Crippen molar-refractivity contribution in [2.24, 2.45) is 0 Å². The number of ether oxygens (including phenoxy) is 1. The van der Waals surface area contributed by atoms with Crippen LogP contribution < -0.4 is 0 Å². The van der Waals surface area contributed by atoms with E-state index >= 15 is 0 Å². The largest absolute Gasteiger partial charge is 0.463 e. The Morgan fingerprint density at radius 3 is 2.94 bits per heavy atom. The smallest absolute Gasteiger partial charge is 0.334 e. The Morgan fingerprint density at radius 1 is 1.56 bits per heavy atom. The third-order valence-corrected chi connectivity index (χ3v) is 2.92. The molecule has 0 aromatic carbocycles. The second-order valence-corrected chi connectivity index (χ2v) is 4.13. The molecule has 92 valence electrons. The minimum absolute atomic E-state index is 0.149. The first-order chi connectivity index (χ1) is 7.69. The topological polar surface area (TPSA) is 49.8 Å². The van der Waals surface area contributed by atoms with Crippen molar-refractivity contribution in [3.8, 4) is 0 Å². The molecule has 0 spiro atoms. The highest BCUT2D eigenvalue weighted by molar-refractivity contribution is 5.88. The van der Waals surface area contributed by atoms with E-state index in [1.807, 2.05) is 0 Å². The van der Waals surface area contributed by atoms with Crippen LogP contribution in [0.25, 0.3) is 0 Å². The van der Waals surface area contributed by atoms with Gasteiger partial charge in [0, 0.05) is 18.2 Å². The lowest BCUT2D eigenvalue weighted by atomic mass is 10.0. The lowest BCUT2D eigenvalue weighted by Crippen LogP contribution is -2.43. The van der Waals surface area contributed by atoms with Crippen molar-refractivity contribution in [2.45, 2.75) is 32.2 Å². The molecule has 1 aliphatic rings. The third kappa shape index (κ3) is 3.61. The van der Waals surface area contributed by atoms with Crippen LogP contribution in [0.3, 0.4) is 0 Å². The van der Waals surface area contributed by atoms with Gasteiger partial charge in [-0.3, -0.25) is 4.90 Å². The molecule has 1 aliphatic heterocycles. The van der Waals surface area contributed by atoms with Gasteiger partial charge in [-0.25, -0.2) is 4.79 Å². The molecule has 0 aromatic heterocycles. The van der Waals surface area contributed by atoms with Crippen molar-refractivity contribution < 1.29 is 14.6 Å².